The van der Waals surface area contributed by atoms with Gasteiger partial charge in [0.25, 0.3) is 0 Å². The number of hydrogen-bond donors (Lipinski definition) is 1. The minimum atomic E-state index is -0.663. The summed E-state index contributed by atoms with van der Waals surface area (Å²) in [4.78, 5) is 4.91. The number of likely N-dealkylation sites (tertiary alicyclic amines) is 2. The molecule has 3 N–H and O–H groups in total. The molecule has 1 aliphatic carbocycles. The zero-order valence-corrected chi connectivity index (χ0v) is 22.4. The van der Waals surface area contributed by atoms with Gasteiger partial charge in [0.15, 0.2) is 0 Å². The average Bonchev–Trinajstić information content (AvgIpc) is 3.61. The fraction of sp³-hybridized carbons (Fsp3) is 0.690. The number of hydrogen-bond acceptors (Lipinski definition) is 3. The number of aryl methyl sites for hydroxylation is 1. The van der Waals surface area contributed by atoms with Gasteiger partial charge in [0.1, 0.15) is 5.72 Å². The predicted molar refractivity (Wildman–Crippen MR) is 142 cm³/mol. The van der Waals surface area contributed by atoms with Crippen molar-refractivity contribution in [3.63, 3.8) is 0 Å². The van der Waals surface area contributed by atoms with Crippen molar-refractivity contribution in [3.8, 4) is 0 Å². The Kier molecular flexibility index (Phi) is 12.9. The van der Waals surface area contributed by atoms with Gasteiger partial charge in [0.2, 0.25) is 0 Å². The van der Waals surface area contributed by atoms with E-state index in [1.807, 2.05) is 13.8 Å². The second kappa shape index (κ2) is 14.3. The minimum absolute atomic E-state index is 0. The Balaban J connectivity index is 0.000000460. The highest BCUT2D eigenvalue weighted by atomic mass is 16.3. The molecule has 0 amide bonds. The van der Waals surface area contributed by atoms with Gasteiger partial charge in [-0.2, -0.15) is 0 Å². The molecule has 3 aliphatic rings. The third kappa shape index (κ3) is 10.3. The molecular weight excluding hydrogens is 408 g/mol. The van der Waals surface area contributed by atoms with Gasteiger partial charge >= 0.3 is 0 Å². The van der Waals surface area contributed by atoms with E-state index in [0.29, 0.717) is 6.04 Å². The Morgan fingerprint density at radius 1 is 0.939 bits per heavy atom. The lowest BCUT2D eigenvalue weighted by atomic mass is 9.87. The zero-order chi connectivity index (χ0) is 23.7. The Hall–Kier alpha value is -1.20. The first-order valence-electron chi connectivity index (χ1n) is 13.0. The summed E-state index contributed by atoms with van der Waals surface area (Å²) in [5.41, 5.74) is 3.72. The van der Waals surface area contributed by atoms with E-state index in [4.69, 9.17) is 0 Å². The lowest BCUT2D eigenvalue weighted by molar-refractivity contribution is -0.0958. The summed E-state index contributed by atoms with van der Waals surface area (Å²) >= 11 is 0. The van der Waals surface area contributed by atoms with Crippen LogP contribution in [0.1, 0.15) is 90.7 Å². The maximum atomic E-state index is 10.1. The van der Waals surface area contributed by atoms with Gasteiger partial charge in [0.05, 0.1) is 0 Å². The molecule has 33 heavy (non-hydrogen) atoms. The van der Waals surface area contributed by atoms with Crippen LogP contribution >= 0.6 is 0 Å². The van der Waals surface area contributed by atoms with Crippen molar-refractivity contribution in [2.45, 2.75) is 98.3 Å². The molecule has 4 nitrogen and oxygen atoms in total. The topological polar surface area (TPSA) is 58.2 Å². The lowest BCUT2D eigenvalue weighted by Gasteiger charge is -2.44. The number of aliphatic hydroxyl groups is 1. The normalized spacial score (nSPS) is 20.1. The van der Waals surface area contributed by atoms with Crippen LogP contribution in [0.5, 0.6) is 0 Å². The third-order valence-corrected chi connectivity index (χ3v) is 6.86. The lowest BCUT2D eigenvalue weighted by Crippen LogP contribution is -2.53. The SMILES string of the molecule is CC(C)C1=C[CH]1.CCC.Cc1ccc(C2CCN(C3CCN(C(C)(C)O)CC3)CC2)cc1.O. The molecule has 0 atom stereocenters. The van der Waals surface area contributed by atoms with Crippen molar-refractivity contribution in [2.75, 3.05) is 26.2 Å². The van der Waals surface area contributed by atoms with Crippen LogP contribution in [-0.2, 0) is 0 Å². The van der Waals surface area contributed by atoms with E-state index >= 15 is 0 Å². The van der Waals surface area contributed by atoms with E-state index in [-0.39, 0.29) is 5.48 Å². The molecule has 2 saturated heterocycles. The second-order valence-electron chi connectivity index (χ2n) is 10.6. The van der Waals surface area contributed by atoms with Crippen molar-refractivity contribution in [3.05, 3.63) is 53.5 Å². The molecule has 1 radical (unpaired) electrons. The number of allylic oxidation sites excluding steroid dienone is 2. The highest BCUT2D eigenvalue weighted by Gasteiger charge is 2.32. The summed E-state index contributed by atoms with van der Waals surface area (Å²) in [5.74, 6) is 1.51. The number of benzene rings is 1. The predicted octanol–water partition coefficient (Wildman–Crippen LogP) is 5.75. The number of piperidine rings is 2. The number of rotatable bonds is 4. The van der Waals surface area contributed by atoms with Crippen LogP contribution in [-0.4, -0.2) is 58.3 Å². The monoisotopic (exact) mass is 459 g/mol. The Morgan fingerprint density at radius 3 is 1.79 bits per heavy atom. The average molecular weight is 460 g/mol. The third-order valence-electron chi connectivity index (χ3n) is 6.86. The first kappa shape index (κ1) is 29.8. The summed E-state index contributed by atoms with van der Waals surface area (Å²) in [6.07, 6.45) is 10.5. The highest BCUT2D eigenvalue weighted by Crippen LogP contribution is 2.31. The van der Waals surface area contributed by atoms with E-state index in [1.165, 1.54) is 61.9 Å². The second-order valence-corrected chi connectivity index (χ2v) is 10.6. The summed E-state index contributed by atoms with van der Waals surface area (Å²) in [6.45, 7) is 19.1. The molecule has 0 spiro atoms. The Morgan fingerprint density at radius 2 is 1.42 bits per heavy atom. The molecular formula is C29H51N2O2. The van der Waals surface area contributed by atoms with Crippen LogP contribution in [0.15, 0.2) is 35.9 Å². The van der Waals surface area contributed by atoms with Crippen LogP contribution in [0.4, 0.5) is 0 Å². The quantitative estimate of drug-likeness (QED) is 0.624. The molecule has 2 aliphatic heterocycles. The molecule has 1 aromatic carbocycles. The fourth-order valence-corrected chi connectivity index (χ4v) is 4.65. The van der Waals surface area contributed by atoms with E-state index in [1.54, 1.807) is 0 Å². The maximum Gasteiger partial charge on any atom is 0.112 e. The molecule has 1 aromatic rings. The summed E-state index contributed by atoms with van der Waals surface area (Å²) < 4.78 is 0. The summed E-state index contributed by atoms with van der Waals surface area (Å²) in [5, 5.41) is 10.1. The van der Waals surface area contributed by atoms with Gasteiger partial charge in [0, 0.05) is 25.6 Å². The zero-order valence-electron chi connectivity index (χ0n) is 22.4. The van der Waals surface area contributed by atoms with E-state index in [9.17, 15) is 5.11 Å². The van der Waals surface area contributed by atoms with E-state index in [0.717, 1.165) is 24.9 Å². The van der Waals surface area contributed by atoms with Crippen molar-refractivity contribution in [1.29, 1.82) is 0 Å². The van der Waals surface area contributed by atoms with Gasteiger partial charge in [-0.15, -0.1) is 0 Å². The molecule has 0 saturated carbocycles. The van der Waals surface area contributed by atoms with Crippen LogP contribution in [0.2, 0.25) is 0 Å². The van der Waals surface area contributed by atoms with Gasteiger partial charge in [-0.05, 0) is 76.9 Å². The van der Waals surface area contributed by atoms with Crippen LogP contribution in [0.25, 0.3) is 0 Å². The van der Waals surface area contributed by atoms with Gasteiger partial charge in [-0.3, -0.25) is 4.90 Å². The molecule has 2 fully saturated rings. The summed E-state index contributed by atoms with van der Waals surface area (Å²) in [7, 11) is 0. The molecule has 189 valence electrons. The van der Waals surface area contributed by atoms with Gasteiger partial charge in [-0.25, -0.2) is 0 Å². The Bertz CT molecular complexity index is 675. The van der Waals surface area contributed by atoms with Crippen LogP contribution in [0.3, 0.4) is 0 Å². The van der Waals surface area contributed by atoms with Crippen LogP contribution < -0.4 is 0 Å². The fourth-order valence-electron chi connectivity index (χ4n) is 4.65. The van der Waals surface area contributed by atoms with Crippen LogP contribution in [0, 0.1) is 19.3 Å². The van der Waals surface area contributed by atoms with E-state index in [2.05, 4.69) is 81.2 Å². The van der Waals surface area contributed by atoms with Gasteiger partial charge in [-0.1, -0.05) is 75.6 Å². The first-order valence-corrected chi connectivity index (χ1v) is 13.0. The standard InChI is InChI=1S/C20H32N2O.C6H9.C3H8.H2O/c1-16-4-6-17(7-5-16)18-8-12-21(13-9-18)19-10-14-22(15-11-19)20(2,3)23;1-5(2)6-3-4-6;1-3-2;/h4-7,18-19,23H,8-15H2,1-3H3;3-5H,1-2H3;3H2,1-2H3;1H2. The number of nitrogens with zero attached hydrogens (tertiary/aromatic N) is 2. The van der Waals surface area contributed by atoms with E-state index < -0.39 is 5.72 Å². The van der Waals surface area contributed by atoms with Crippen molar-refractivity contribution < 1.29 is 10.6 Å². The molecule has 0 aromatic heterocycles. The largest absolute Gasteiger partial charge is 0.412 e. The first-order chi connectivity index (χ1) is 15.2. The molecule has 4 heteroatoms. The highest BCUT2D eigenvalue weighted by molar-refractivity contribution is 5.39. The molecule has 2 heterocycles. The smallest absolute Gasteiger partial charge is 0.112 e. The molecule has 4 rings (SSSR count). The van der Waals surface area contributed by atoms with Gasteiger partial charge < -0.3 is 15.5 Å². The van der Waals surface area contributed by atoms with Crippen molar-refractivity contribution >= 4 is 0 Å². The van der Waals surface area contributed by atoms with Crippen molar-refractivity contribution in [2.24, 2.45) is 5.92 Å². The molecule has 0 bridgehead atoms. The van der Waals surface area contributed by atoms with Crippen molar-refractivity contribution in [1.82, 2.24) is 9.80 Å². The summed E-state index contributed by atoms with van der Waals surface area (Å²) in [6, 6.07) is 9.84. The maximum absolute atomic E-state index is 10.1. The Labute approximate surface area is 204 Å². The minimum Gasteiger partial charge on any atom is -0.412 e. The molecule has 0 unspecified atom stereocenters.